The largest absolute Gasteiger partial charge is 0.430 e. The minimum atomic E-state index is -5.95. The molecule has 0 saturated carbocycles. The SMILES string of the molecule is [N-]=[N+]=NCCn1cc(C(O)(C(F)(F)F)C(F)(F)F)cn1. The van der Waals surface area contributed by atoms with Crippen molar-refractivity contribution >= 4 is 0 Å². The molecule has 0 bridgehead atoms. The van der Waals surface area contributed by atoms with Crippen LogP contribution in [0.15, 0.2) is 17.5 Å². The molecule has 0 aromatic carbocycles. The highest BCUT2D eigenvalue weighted by Crippen LogP contribution is 2.49. The minimum absolute atomic E-state index is 0.214. The Balaban J connectivity index is 3.15. The predicted molar refractivity (Wildman–Crippen MR) is 52.2 cm³/mol. The molecule has 12 heteroatoms. The highest BCUT2D eigenvalue weighted by atomic mass is 19.4. The van der Waals surface area contributed by atoms with Gasteiger partial charge in [-0.25, -0.2) is 0 Å². The van der Waals surface area contributed by atoms with Crippen LogP contribution in [-0.4, -0.2) is 33.8 Å². The second kappa shape index (κ2) is 5.21. The van der Waals surface area contributed by atoms with Gasteiger partial charge in [0.25, 0.3) is 5.60 Å². The minimum Gasteiger partial charge on any atom is -0.369 e. The highest BCUT2D eigenvalue weighted by molar-refractivity contribution is 5.21. The first kappa shape index (κ1) is 16.1. The van der Waals surface area contributed by atoms with Crippen LogP contribution in [0.3, 0.4) is 0 Å². The monoisotopic (exact) mass is 303 g/mol. The van der Waals surface area contributed by atoms with Crippen LogP contribution >= 0.6 is 0 Å². The number of halogens is 6. The van der Waals surface area contributed by atoms with Gasteiger partial charge in [0.05, 0.1) is 6.20 Å². The Morgan fingerprint density at radius 3 is 2.25 bits per heavy atom. The number of alkyl halides is 6. The van der Waals surface area contributed by atoms with Crippen LogP contribution in [0.25, 0.3) is 10.4 Å². The van der Waals surface area contributed by atoms with E-state index in [-0.39, 0.29) is 19.3 Å². The number of nitrogens with zero attached hydrogens (tertiary/aromatic N) is 5. The first-order valence-electron chi connectivity index (χ1n) is 4.93. The standard InChI is InChI=1S/C8H7F6N5O/c9-7(10,11)6(20,8(12,13)14)5-3-17-19(4-5)2-1-16-18-15/h3-4,20H,1-2H2. The summed E-state index contributed by atoms with van der Waals surface area (Å²) in [5, 5.41) is 15.4. The molecule has 6 nitrogen and oxygen atoms in total. The Kier molecular flexibility index (Phi) is 4.20. The molecule has 0 unspecified atom stereocenters. The maximum Gasteiger partial charge on any atom is 0.430 e. The van der Waals surface area contributed by atoms with Gasteiger partial charge < -0.3 is 5.11 Å². The summed E-state index contributed by atoms with van der Waals surface area (Å²) in [6, 6.07) is 0. The number of hydrogen-bond acceptors (Lipinski definition) is 3. The third kappa shape index (κ3) is 2.80. The van der Waals surface area contributed by atoms with Crippen molar-refractivity contribution in [2.45, 2.75) is 24.5 Å². The molecule has 0 fully saturated rings. The number of hydrogen-bond donors (Lipinski definition) is 1. The molecule has 1 aromatic heterocycles. The number of rotatable bonds is 4. The van der Waals surface area contributed by atoms with Crippen LogP contribution in [0.1, 0.15) is 5.56 Å². The van der Waals surface area contributed by atoms with Crippen LogP contribution in [0.4, 0.5) is 26.3 Å². The van der Waals surface area contributed by atoms with E-state index in [0.29, 0.717) is 10.9 Å². The van der Waals surface area contributed by atoms with Gasteiger partial charge in [-0.1, -0.05) is 5.11 Å². The number of aliphatic hydroxyl groups is 1. The van der Waals surface area contributed by atoms with Gasteiger partial charge in [0, 0.05) is 29.8 Å². The molecule has 112 valence electrons. The maximum absolute atomic E-state index is 12.5. The summed E-state index contributed by atoms with van der Waals surface area (Å²) >= 11 is 0. The van der Waals surface area contributed by atoms with Gasteiger partial charge >= 0.3 is 12.4 Å². The molecule has 0 radical (unpaired) electrons. The highest BCUT2D eigenvalue weighted by Gasteiger charge is 2.71. The summed E-state index contributed by atoms with van der Waals surface area (Å²) < 4.78 is 75.9. The lowest BCUT2D eigenvalue weighted by Gasteiger charge is -2.31. The van der Waals surface area contributed by atoms with Crippen molar-refractivity contribution in [3.8, 4) is 0 Å². The van der Waals surface area contributed by atoms with E-state index in [4.69, 9.17) is 10.6 Å². The lowest BCUT2D eigenvalue weighted by Crippen LogP contribution is -2.53. The number of aromatic nitrogens is 2. The zero-order chi connectivity index (χ0) is 15.6. The summed E-state index contributed by atoms with van der Waals surface area (Å²) in [7, 11) is 0. The molecule has 1 N–H and O–H groups in total. The smallest absolute Gasteiger partial charge is 0.369 e. The van der Waals surface area contributed by atoms with Gasteiger partial charge in [-0.05, 0) is 5.53 Å². The first-order valence-corrected chi connectivity index (χ1v) is 4.93. The molecule has 0 atom stereocenters. The Morgan fingerprint density at radius 2 is 1.80 bits per heavy atom. The average Bonchev–Trinajstić information content (AvgIpc) is 2.74. The second-order valence-corrected chi connectivity index (χ2v) is 3.65. The maximum atomic E-state index is 12.5. The molecule has 1 heterocycles. The average molecular weight is 303 g/mol. The zero-order valence-corrected chi connectivity index (χ0v) is 9.52. The lowest BCUT2D eigenvalue weighted by atomic mass is 9.95. The van der Waals surface area contributed by atoms with Crippen LogP contribution in [-0.2, 0) is 12.1 Å². The van der Waals surface area contributed by atoms with E-state index in [1.165, 1.54) is 0 Å². The van der Waals surface area contributed by atoms with E-state index >= 15 is 0 Å². The van der Waals surface area contributed by atoms with Crippen molar-refractivity contribution in [3.63, 3.8) is 0 Å². The molecular formula is C8H7F6N5O. The van der Waals surface area contributed by atoms with Crippen molar-refractivity contribution in [1.82, 2.24) is 9.78 Å². The zero-order valence-electron chi connectivity index (χ0n) is 9.52. The van der Waals surface area contributed by atoms with Crippen molar-refractivity contribution in [2.24, 2.45) is 5.11 Å². The third-order valence-electron chi connectivity index (χ3n) is 2.36. The normalized spacial score (nSPS) is 13.2. The molecule has 0 aliphatic rings. The Morgan fingerprint density at radius 1 is 1.25 bits per heavy atom. The van der Waals surface area contributed by atoms with Crippen molar-refractivity contribution in [1.29, 1.82) is 0 Å². The number of azide groups is 1. The predicted octanol–water partition coefficient (Wildman–Crippen LogP) is 2.51. The molecular weight excluding hydrogens is 296 g/mol. The van der Waals surface area contributed by atoms with E-state index in [1.54, 1.807) is 0 Å². The van der Waals surface area contributed by atoms with E-state index in [1.807, 2.05) is 0 Å². The van der Waals surface area contributed by atoms with Crippen LogP contribution < -0.4 is 0 Å². The van der Waals surface area contributed by atoms with Gasteiger partial charge in [-0.2, -0.15) is 31.4 Å². The first-order chi connectivity index (χ1) is 9.04. The molecule has 0 spiro atoms. The van der Waals surface area contributed by atoms with Crippen molar-refractivity contribution in [2.75, 3.05) is 6.54 Å². The van der Waals surface area contributed by atoms with Crippen molar-refractivity contribution in [3.05, 3.63) is 28.4 Å². The lowest BCUT2D eigenvalue weighted by molar-refractivity contribution is -0.376. The van der Waals surface area contributed by atoms with E-state index in [9.17, 15) is 26.3 Å². The second-order valence-electron chi connectivity index (χ2n) is 3.65. The molecule has 1 rings (SSSR count). The van der Waals surface area contributed by atoms with Gasteiger partial charge in [-0.15, -0.1) is 0 Å². The van der Waals surface area contributed by atoms with Crippen molar-refractivity contribution < 1.29 is 31.4 Å². The van der Waals surface area contributed by atoms with Crippen LogP contribution in [0.2, 0.25) is 0 Å². The Bertz CT molecular complexity index is 500. The molecule has 0 amide bonds. The van der Waals surface area contributed by atoms with E-state index in [0.717, 1.165) is 0 Å². The van der Waals surface area contributed by atoms with Crippen LogP contribution in [0, 0.1) is 0 Å². The van der Waals surface area contributed by atoms with Gasteiger partial charge in [-0.3, -0.25) is 4.68 Å². The molecule has 0 aliphatic carbocycles. The topological polar surface area (TPSA) is 86.8 Å². The summed E-state index contributed by atoms with van der Waals surface area (Å²) in [6.45, 7) is -0.441. The van der Waals surface area contributed by atoms with E-state index < -0.39 is 23.5 Å². The van der Waals surface area contributed by atoms with Gasteiger partial charge in [0.1, 0.15) is 0 Å². The quantitative estimate of drug-likeness (QED) is 0.401. The fraction of sp³-hybridized carbons (Fsp3) is 0.625. The van der Waals surface area contributed by atoms with Gasteiger partial charge in [0.2, 0.25) is 0 Å². The molecule has 1 aromatic rings. The van der Waals surface area contributed by atoms with E-state index in [2.05, 4.69) is 15.1 Å². The fourth-order valence-corrected chi connectivity index (χ4v) is 1.35. The molecule has 0 aliphatic heterocycles. The summed E-state index contributed by atoms with van der Waals surface area (Å²) in [6.07, 6.45) is -11.3. The molecule has 0 saturated heterocycles. The fourth-order valence-electron chi connectivity index (χ4n) is 1.35. The summed E-state index contributed by atoms with van der Waals surface area (Å²) in [4.78, 5) is 2.36. The molecule has 20 heavy (non-hydrogen) atoms. The van der Waals surface area contributed by atoms with Gasteiger partial charge in [0.15, 0.2) is 0 Å². The summed E-state index contributed by atoms with van der Waals surface area (Å²) in [5.41, 5.74) is 1.52. The summed E-state index contributed by atoms with van der Waals surface area (Å²) in [5.74, 6) is 0. The third-order valence-corrected chi connectivity index (χ3v) is 2.36. The Hall–Kier alpha value is -1.94. The van der Waals surface area contributed by atoms with Crippen LogP contribution in [0.5, 0.6) is 0 Å². The Labute approximate surface area is 107 Å².